The Balaban J connectivity index is 4.52. The molecule has 0 aliphatic heterocycles. The van der Waals surface area contributed by atoms with E-state index in [1.807, 2.05) is 16.0 Å². The summed E-state index contributed by atoms with van der Waals surface area (Å²) in [4.78, 5) is 1.82. The Morgan fingerprint density at radius 2 is 0.703 bits per heavy atom. The van der Waals surface area contributed by atoms with Crippen molar-refractivity contribution in [1.82, 2.24) is 0 Å². The monoisotopic (exact) mass is 822 g/mol. The topological polar surface area (TPSA) is 0 Å². The molecule has 1 aromatic carbocycles. The van der Waals surface area contributed by atoms with Crippen molar-refractivity contribution in [2.24, 2.45) is 0 Å². The summed E-state index contributed by atoms with van der Waals surface area (Å²) in [6, 6.07) is 5.74. The second-order valence-corrected chi connectivity index (χ2v) is 67.5. The molecule has 0 unspecified atom stereocenters. The van der Waals surface area contributed by atoms with E-state index >= 15 is 0 Å². The number of benzene rings is 1. The minimum absolute atomic E-state index is 0.811. The molecule has 0 saturated carbocycles. The average molecular weight is 823 g/mol. The van der Waals surface area contributed by atoms with Crippen LogP contribution in [0.3, 0.4) is 0 Å². The van der Waals surface area contributed by atoms with Crippen LogP contribution in [0.15, 0.2) is 17.0 Å². The number of hydrogen-bond donors (Lipinski definition) is 0. The molecule has 0 aromatic heterocycles. The van der Waals surface area contributed by atoms with Crippen LogP contribution >= 0.6 is 8.52 Å². The van der Waals surface area contributed by atoms with Crippen molar-refractivity contribution in [2.45, 2.75) is 147 Å². The molecule has 0 atom stereocenters. The van der Waals surface area contributed by atoms with Crippen molar-refractivity contribution in [1.29, 1.82) is 0 Å². The average Bonchev–Trinajstić information content (AvgIpc) is 2.49. The Hall–Kier alpha value is 1.75. The van der Waals surface area contributed by atoms with E-state index in [1.165, 1.54) is 0 Å². The standard InChI is InChI=1S/C27H60SSi6.2CH3.Bi/c1-29(2,3)25(30(4,5)6)21-19-22(26(31(7,8)9)32(10,11)12)24(28)23(20-21)27(33(13,14)15)34(16,17)18;;;/h19-20,25-28H,1-18H3;2*1H3;/q;;;+1/p-1. The van der Waals surface area contributed by atoms with Gasteiger partial charge in [-0.2, -0.15) is 0 Å². The van der Waals surface area contributed by atoms with E-state index < -0.39 is 68.7 Å². The summed E-state index contributed by atoms with van der Waals surface area (Å²) in [6.45, 7) is 48.1. The maximum absolute atomic E-state index is 2.87. The van der Waals surface area contributed by atoms with Gasteiger partial charge in [-0.05, 0) is 0 Å². The zero-order valence-corrected chi connectivity index (χ0v) is 39.0. The van der Waals surface area contributed by atoms with Crippen LogP contribution in [-0.2, 0) is 0 Å². The van der Waals surface area contributed by atoms with E-state index in [2.05, 4.69) is 148 Å². The summed E-state index contributed by atoms with van der Waals surface area (Å²) in [6.07, 6.45) is 0. The van der Waals surface area contributed by atoms with Gasteiger partial charge in [0.05, 0.1) is 0 Å². The fourth-order valence-electron chi connectivity index (χ4n) is 8.35. The van der Waals surface area contributed by atoms with E-state index in [0.29, 0.717) is 0 Å². The molecule has 1 rings (SSSR count). The molecule has 0 amide bonds. The summed E-state index contributed by atoms with van der Waals surface area (Å²) in [5, 5.41) is 2.45. The molecule has 0 N–H and O–H groups in total. The van der Waals surface area contributed by atoms with Crippen molar-refractivity contribution in [2.75, 3.05) is 0 Å². The molecule has 37 heavy (non-hydrogen) atoms. The van der Waals surface area contributed by atoms with E-state index in [9.17, 15) is 0 Å². The van der Waals surface area contributed by atoms with Gasteiger partial charge in [0.15, 0.2) is 0 Å². The van der Waals surface area contributed by atoms with Gasteiger partial charge in [-0.1, -0.05) is 0 Å². The predicted molar refractivity (Wildman–Crippen MR) is 198 cm³/mol. The van der Waals surface area contributed by atoms with Crippen molar-refractivity contribution >= 4 is 77.2 Å². The molecule has 0 aliphatic rings. The van der Waals surface area contributed by atoms with Gasteiger partial charge in [0.1, 0.15) is 0 Å². The Morgan fingerprint density at radius 1 is 0.459 bits per heavy atom. The molecular formula is C29H65BiSSi6. The van der Waals surface area contributed by atoms with Crippen LogP contribution in [0, 0.1) is 0 Å². The van der Waals surface area contributed by atoms with E-state index in [-0.39, 0.29) is 0 Å². The molecule has 0 aliphatic carbocycles. The van der Waals surface area contributed by atoms with Crippen LogP contribution in [0.1, 0.15) is 32.2 Å². The first kappa shape index (κ1) is 36.8. The fraction of sp³-hybridized carbons (Fsp3) is 0.793. The van der Waals surface area contributed by atoms with E-state index in [0.717, 1.165) is 15.5 Å². The molecule has 0 fully saturated rings. The quantitative estimate of drug-likeness (QED) is 0.200. The second-order valence-electron chi connectivity index (χ2n) is 18.4. The molecule has 8 heteroatoms. The summed E-state index contributed by atoms with van der Waals surface area (Å²) < 4.78 is 5.26. The Labute approximate surface area is 251 Å². The summed E-state index contributed by atoms with van der Waals surface area (Å²) >= 11 is -1.55. The molecule has 0 nitrogen and oxygen atoms in total. The molecule has 0 heterocycles. The van der Waals surface area contributed by atoms with Crippen LogP contribution in [0.2, 0.25) is 127 Å². The summed E-state index contributed by atoms with van der Waals surface area (Å²) in [5.74, 6) is 0. The predicted octanol–water partition coefficient (Wildman–Crippen LogP) is 11.5. The van der Waals surface area contributed by atoms with Gasteiger partial charge in [-0.3, -0.25) is 0 Å². The van der Waals surface area contributed by atoms with E-state index in [1.54, 1.807) is 5.56 Å². The maximum atomic E-state index is 2.87. The van der Waals surface area contributed by atoms with Crippen LogP contribution in [0.5, 0.6) is 0 Å². The number of hydrogen-bond acceptors (Lipinski definition) is 1. The van der Waals surface area contributed by atoms with Crippen molar-refractivity contribution in [3.8, 4) is 0 Å². The van der Waals surface area contributed by atoms with Crippen LogP contribution in [-0.4, -0.2) is 68.7 Å². The molecule has 1 aromatic rings. The number of rotatable bonds is 11. The molecule has 0 radical (unpaired) electrons. The van der Waals surface area contributed by atoms with Gasteiger partial charge in [-0.15, -0.1) is 0 Å². The fourth-order valence-corrected chi connectivity index (χ4v) is 54.6. The zero-order chi connectivity index (χ0) is 29.7. The van der Waals surface area contributed by atoms with Gasteiger partial charge < -0.3 is 0 Å². The van der Waals surface area contributed by atoms with Crippen molar-refractivity contribution in [3.63, 3.8) is 0 Å². The van der Waals surface area contributed by atoms with Gasteiger partial charge >= 0.3 is 254 Å². The molecule has 0 spiro atoms. The molecular weight excluding hydrogens is 758 g/mol. The first-order chi connectivity index (χ1) is 16.0. The Kier molecular flexibility index (Phi) is 12.1. The zero-order valence-electron chi connectivity index (χ0n) is 28.7. The molecule has 0 bridgehead atoms. The molecule has 216 valence electrons. The van der Waals surface area contributed by atoms with Crippen molar-refractivity contribution < 1.29 is 0 Å². The minimum atomic E-state index is -1.55. The first-order valence-electron chi connectivity index (χ1n) is 14.5. The third-order valence-electron chi connectivity index (χ3n) is 7.59. The van der Waals surface area contributed by atoms with Crippen LogP contribution in [0.4, 0.5) is 0 Å². The van der Waals surface area contributed by atoms with Gasteiger partial charge in [0.25, 0.3) is 0 Å². The SMILES string of the molecule is [CH3][Bi]([CH3])[S]c1c(C([Si](C)(C)C)[Si](C)(C)C)cc(C([Si](C)(C)C)[Si](C)(C)C)cc1C([Si](C)(C)C)[Si](C)(C)C. The van der Waals surface area contributed by atoms with Gasteiger partial charge in [0.2, 0.25) is 0 Å². The third kappa shape index (κ3) is 9.92. The van der Waals surface area contributed by atoms with Gasteiger partial charge in [-0.25, -0.2) is 0 Å². The van der Waals surface area contributed by atoms with Crippen molar-refractivity contribution in [3.05, 3.63) is 28.8 Å². The Morgan fingerprint density at radius 3 is 0.892 bits per heavy atom. The van der Waals surface area contributed by atoms with Crippen LogP contribution < -0.4 is 0 Å². The van der Waals surface area contributed by atoms with E-state index in [4.69, 9.17) is 0 Å². The normalized spacial score (nSPS) is 15.0. The Bertz CT molecular complexity index is 824. The van der Waals surface area contributed by atoms with Crippen LogP contribution in [0.25, 0.3) is 0 Å². The van der Waals surface area contributed by atoms with Gasteiger partial charge in [0, 0.05) is 0 Å². The third-order valence-corrected chi connectivity index (χ3v) is 42.9. The summed E-state index contributed by atoms with van der Waals surface area (Å²) in [5.41, 5.74) is 5.47. The molecule has 0 saturated heterocycles. The first-order valence-corrected chi connectivity index (χ1v) is 48.0. The second kappa shape index (κ2) is 12.2. The summed E-state index contributed by atoms with van der Waals surface area (Å²) in [7, 11) is -6.08.